The van der Waals surface area contributed by atoms with Crippen molar-refractivity contribution in [1.29, 1.82) is 0 Å². The molecule has 0 fully saturated rings. The summed E-state index contributed by atoms with van der Waals surface area (Å²) in [5.41, 5.74) is 3.72. The Balaban J connectivity index is 1.64. The Labute approximate surface area is 164 Å². The molecule has 0 aliphatic heterocycles. The van der Waals surface area contributed by atoms with Crippen molar-refractivity contribution in [2.24, 2.45) is 0 Å². The first-order valence-corrected chi connectivity index (χ1v) is 9.82. The number of amides is 2. The zero-order valence-corrected chi connectivity index (χ0v) is 16.8. The zero-order valence-electron chi connectivity index (χ0n) is 16.0. The summed E-state index contributed by atoms with van der Waals surface area (Å²) in [6.07, 6.45) is 0. The standard InChI is InChI=1S/C21H26N2O3S/c1-16-9-11-18(12-10-16)27-14-13-22-19(24)15-26-23-20(25)21(2,3)17-7-5-4-6-8-17/h4-12H,13-15H2,1-3H3,(H,22,24)(H,23,25). The Morgan fingerprint density at radius 2 is 1.70 bits per heavy atom. The second-order valence-corrected chi connectivity index (χ2v) is 7.89. The lowest BCUT2D eigenvalue weighted by atomic mass is 9.84. The summed E-state index contributed by atoms with van der Waals surface area (Å²) >= 11 is 1.68. The van der Waals surface area contributed by atoms with Gasteiger partial charge < -0.3 is 5.32 Å². The van der Waals surface area contributed by atoms with E-state index in [-0.39, 0.29) is 18.4 Å². The molecule has 2 rings (SSSR count). The number of nitrogens with one attached hydrogen (secondary N) is 2. The molecule has 2 N–H and O–H groups in total. The van der Waals surface area contributed by atoms with E-state index in [2.05, 4.69) is 42.0 Å². The van der Waals surface area contributed by atoms with Crippen molar-refractivity contribution in [3.63, 3.8) is 0 Å². The van der Waals surface area contributed by atoms with Gasteiger partial charge >= 0.3 is 0 Å². The molecule has 27 heavy (non-hydrogen) atoms. The van der Waals surface area contributed by atoms with Gasteiger partial charge in [0.25, 0.3) is 5.91 Å². The summed E-state index contributed by atoms with van der Waals surface area (Å²) in [5, 5.41) is 2.77. The summed E-state index contributed by atoms with van der Waals surface area (Å²) in [6.45, 7) is 5.98. The van der Waals surface area contributed by atoms with Crippen LogP contribution in [0.5, 0.6) is 0 Å². The molecule has 0 aromatic heterocycles. The highest BCUT2D eigenvalue weighted by Crippen LogP contribution is 2.22. The van der Waals surface area contributed by atoms with Crippen molar-refractivity contribution in [3.8, 4) is 0 Å². The summed E-state index contributed by atoms with van der Waals surface area (Å²) in [6, 6.07) is 17.7. The van der Waals surface area contributed by atoms with Crippen LogP contribution in [0.2, 0.25) is 0 Å². The van der Waals surface area contributed by atoms with Crippen LogP contribution < -0.4 is 10.8 Å². The number of hydroxylamine groups is 1. The fourth-order valence-electron chi connectivity index (χ4n) is 2.33. The number of thioether (sulfide) groups is 1. The Morgan fingerprint density at radius 3 is 2.37 bits per heavy atom. The van der Waals surface area contributed by atoms with Crippen molar-refractivity contribution in [2.75, 3.05) is 18.9 Å². The first-order chi connectivity index (χ1) is 12.9. The maximum atomic E-state index is 12.3. The van der Waals surface area contributed by atoms with Crippen molar-refractivity contribution < 1.29 is 14.4 Å². The molecule has 0 atom stereocenters. The van der Waals surface area contributed by atoms with Crippen LogP contribution in [0, 0.1) is 6.92 Å². The van der Waals surface area contributed by atoms with E-state index in [1.54, 1.807) is 11.8 Å². The van der Waals surface area contributed by atoms with Crippen molar-refractivity contribution >= 4 is 23.6 Å². The van der Waals surface area contributed by atoms with Gasteiger partial charge in [0.15, 0.2) is 6.61 Å². The van der Waals surface area contributed by atoms with Gasteiger partial charge in [-0.1, -0.05) is 48.0 Å². The van der Waals surface area contributed by atoms with Gasteiger partial charge in [-0.15, -0.1) is 11.8 Å². The molecule has 0 saturated carbocycles. The molecule has 144 valence electrons. The molecule has 2 aromatic carbocycles. The smallest absolute Gasteiger partial charge is 0.253 e. The number of carbonyl (C=O) groups is 2. The predicted octanol–water partition coefficient (Wildman–Crippen LogP) is 3.23. The Kier molecular flexibility index (Phi) is 7.88. The monoisotopic (exact) mass is 386 g/mol. The number of rotatable bonds is 9. The van der Waals surface area contributed by atoms with E-state index in [9.17, 15) is 9.59 Å². The molecule has 2 amide bonds. The summed E-state index contributed by atoms with van der Waals surface area (Å²) in [7, 11) is 0. The van der Waals surface area contributed by atoms with Crippen LogP contribution in [0.4, 0.5) is 0 Å². The average molecular weight is 387 g/mol. The number of carbonyl (C=O) groups excluding carboxylic acids is 2. The van der Waals surface area contributed by atoms with E-state index < -0.39 is 5.41 Å². The van der Waals surface area contributed by atoms with E-state index in [0.717, 1.165) is 11.3 Å². The molecule has 0 radical (unpaired) electrons. The number of hydrogen-bond donors (Lipinski definition) is 2. The van der Waals surface area contributed by atoms with Crippen LogP contribution in [0.1, 0.15) is 25.0 Å². The van der Waals surface area contributed by atoms with Crippen LogP contribution in [0.3, 0.4) is 0 Å². The quantitative estimate of drug-likeness (QED) is 0.394. The topological polar surface area (TPSA) is 67.4 Å². The van der Waals surface area contributed by atoms with Gasteiger partial charge in [0, 0.05) is 17.2 Å². The average Bonchev–Trinajstić information content (AvgIpc) is 2.67. The van der Waals surface area contributed by atoms with Gasteiger partial charge in [0.2, 0.25) is 5.91 Å². The number of aryl methyl sites for hydroxylation is 1. The van der Waals surface area contributed by atoms with E-state index in [4.69, 9.17) is 4.84 Å². The minimum atomic E-state index is -0.748. The molecule has 0 saturated heterocycles. The fraction of sp³-hybridized carbons (Fsp3) is 0.333. The lowest BCUT2D eigenvalue weighted by Crippen LogP contribution is -2.42. The van der Waals surface area contributed by atoms with Crippen LogP contribution in [0.25, 0.3) is 0 Å². The third-order valence-electron chi connectivity index (χ3n) is 4.15. The predicted molar refractivity (Wildman–Crippen MR) is 108 cm³/mol. The highest BCUT2D eigenvalue weighted by molar-refractivity contribution is 7.99. The summed E-state index contributed by atoms with van der Waals surface area (Å²) in [4.78, 5) is 30.4. The maximum Gasteiger partial charge on any atom is 0.253 e. The fourth-order valence-corrected chi connectivity index (χ4v) is 3.09. The Morgan fingerprint density at radius 1 is 1.04 bits per heavy atom. The normalized spacial score (nSPS) is 11.1. The molecule has 0 unspecified atom stereocenters. The number of hydrogen-bond acceptors (Lipinski definition) is 4. The third-order valence-corrected chi connectivity index (χ3v) is 5.16. The first-order valence-electron chi connectivity index (χ1n) is 8.83. The molecule has 2 aromatic rings. The van der Waals surface area contributed by atoms with Crippen molar-refractivity contribution in [1.82, 2.24) is 10.8 Å². The van der Waals surface area contributed by atoms with E-state index in [0.29, 0.717) is 6.54 Å². The third kappa shape index (κ3) is 6.73. The van der Waals surface area contributed by atoms with Gasteiger partial charge in [-0.2, -0.15) is 0 Å². The van der Waals surface area contributed by atoms with Crippen LogP contribution in [0.15, 0.2) is 59.5 Å². The molecular weight excluding hydrogens is 360 g/mol. The van der Waals surface area contributed by atoms with Gasteiger partial charge in [0.1, 0.15) is 0 Å². The van der Waals surface area contributed by atoms with Gasteiger partial charge in [-0.3, -0.25) is 14.4 Å². The van der Waals surface area contributed by atoms with Crippen molar-refractivity contribution in [2.45, 2.75) is 31.1 Å². The lowest BCUT2D eigenvalue weighted by Gasteiger charge is -2.23. The van der Waals surface area contributed by atoms with E-state index >= 15 is 0 Å². The van der Waals surface area contributed by atoms with Crippen LogP contribution >= 0.6 is 11.8 Å². The highest BCUT2D eigenvalue weighted by Gasteiger charge is 2.29. The first kappa shape index (κ1) is 21.0. The lowest BCUT2D eigenvalue weighted by molar-refractivity contribution is -0.142. The Hall–Kier alpha value is -2.31. The maximum absolute atomic E-state index is 12.3. The molecule has 0 spiro atoms. The van der Waals surface area contributed by atoms with Crippen LogP contribution in [-0.4, -0.2) is 30.7 Å². The van der Waals surface area contributed by atoms with Gasteiger partial charge in [0.05, 0.1) is 5.41 Å². The second kappa shape index (κ2) is 10.1. The molecule has 0 bridgehead atoms. The Bertz CT molecular complexity index is 746. The minimum absolute atomic E-state index is 0.216. The van der Waals surface area contributed by atoms with E-state index in [1.807, 2.05) is 44.2 Å². The second-order valence-electron chi connectivity index (χ2n) is 6.72. The van der Waals surface area contributed by atoms with E-state index in [1.165, 1.54) is 10.5 Å². The summed E-state index contributed by atoms with van der Waals surface area (Å²) < 4.78 is 0. The minimum Gasteiger partial charge on any atom is -0.353 e. The molecule has 0 aliphatic carbocycles. The van der Waals surface area contributed by atoms with Gasteiger partial charge in [-0.05, 0) is 38.5 Å². The largest absolute Gasteiger partial charge is 0.353 e. The highest BCUT2D eigenvalue weighted by atomic mass is 32.2. The van der Waals surface area contributed by atoms with Crippen molar-refractivity contribution in [3.05, 3.63) is 65.7 Å². The molecular formula is C21H26N2O3S. The molecule has 0 aliphatic rings. The molecule has 5 nitrogen and oxygen atoms in total. The number of benzene rings is 2. The summed E-state index contributed by atoms with van der Waals surface area (Å²) in [5.74, 6) is 0.205. The zero-order chi connectivity index (χ0) is 19.7. The van der Waals surface area contributed by atoms with Gasteiger partial charge in [-0.25, -0.2) is 5.48 Å². The SMILES string of the molecule is Cc1ccc(SCCNC(=O)CONC(=O)C(C)(C)c2ccccc2)cc1. The van der Waals surface area contributed by atoms with Crippen LogP contribution in [-0.2, 0) is 19.8 Å². The molecule has 0 heterocycles. The molecule has 6 heteroatoms.